The van der Waals surface area contributed by atoms with Crippen molar-refractivity contribution >= 4 is 11.8 Å². The highest BCUT2D eigenvalue weighted by molar-refractivity contribution is 8.06. The number of halogens is 4. The molecule has 0 saturated heterocycles. The first-order valence-corrected chi connectivity index (χ1v) is 4.18. The highest BCUT2D eigenvalue weighted by Gasteiger charge is 2.35. The summed E-state index contributed by atoms with van der Waals surface area (Å²) in [6.07, 6.45) is -4.42. The number of allylic oxidation sites excluding steroid dienone is 2. The van der Waals surface area contributed by atoms with E-state index in [4.69, 9.17) is 0 Å². The van der Waals surface area contributed by atoms with Crippen molar-refractivity contribution in [2.24, 2.45) is 5.73 Å². The molecule has 76 valence electrons. The van der Waals surface area contributed by atoms with E-state index in [9.17, 15) is 17.6 Å². The smallest absolute Gasteiger partial charge is 0.392 e. The minimum absolute atomic E-state index is 0.296. The van der Waals surface area contributed by atoms with Crippen LogP contribution >= 0.6 is 11.8 Å². The molecule has 1 nitrogen and oxygen atoms in total. The standard InChI is InChI=1S/C7H9F4NS/c1-3-4(2)13-6(8)5(12)7(9,10)11/h2-3,12H2,1H3/b6-5-. The van der Waals surface area contributed by atoms with Gasteiger partial charge in [0.15, 0.2) is 10.9 Å². The second-order valence-corrected chi connectivity index (χ2v) is 3.32. The van der Waals surface area contributed by atoms with E-state index in [1.807, 2.05) is 0 Å². The molecule has 0 aliphatic carbocycles. The van der Waals surface area contributed by atoms with Gasteiger partial charge in [-0.25, -0.2) is 0 Å². The van der Waals surface area contributed by atoms with Gasteiger partial charge >= 0.3 is 6.18 Å². The van der Waals surface area contributed by atoms with Gasteiger partial charge in [0.1, 0.15) is 0 Å². The van der Waals surface area contributed by atoms with Crippen LogP contribution in [-0.2, 0) is 0 Å². The van der Waals surface area contributed by atoms with Gasteiger partial charge in [0.25, 0.3) is 0 Å². The van der Waals surface area contributed by atoms with Crippen LogP contribution in [0.5, 0.6) is 0 Å². The first kappa shape index (κ1) is 12.3. The quantitative estimate of drug-likeness (QED) is 0.731. The van der Waals surface area contributed by atoms with Gasteiger partial charge in [0.05, 0.1) is 0 Å². The van der Waals surface area contributed by atoms with Crippen molar-refractivity contribution in [1.82, 2.24) is 0 Å². The van der Waals surface area contributed by atoms with Gasteiger partial charge in [-0.15, -0.1) is 0 Å². The van der Waals surface area contributed by atoms with Crippen LogP contribution in [0.4, 0.5) is 17.6 Å². The van der Waals surface area contributed by atoms with Gasteiger partial charge in [-0.1, -0.05) is 25.3 Å². The van der Waals surface area contributed by atoms with Crippen molar-refractivity contribution in [3.05, 3.63) is 22.3 Å². The third-order valence-electron chi connectivity index (χ3n) is 1.15. The maximum atomic E-state index is 12.7. The predicted molar refractivity (Wildman–Crippen MR) is 45.4 cm³/mol. The fraction of sp³-hybridized carbons (Fsp3) is 0.429. The summed E-state index contributed by atoms with van der Waals surface area (Å²) in [6, 6.07) is 0. The van der Waals surface area contributed by atoms with E-state index < -0.39 is 17.0 Å². The van der Waals surface area contributed by atoms with Crippen LogP contribution in [0.3, 0.4) is 0 Å². The van der Waals surface area contributed by atoms with E-state index >= 15 is 0 Å². The summed E-state index contributed by atoms with van der Waals surface area (Å²) in [7, 11) is 0. The van der Waals surface area contributed by atoms with Gasteiger partial charge in [0, 0.05) is 0 Å². The number of alkyl halides is 3. The number of hydrogen-bond donors (Lipinski definition) is 1. The van der Waals surface area contributed by atoms with Crippen LogP contribution in [0.25, 0.3) is 0 Å². The summed E-state index contributed by atoms with van der Waals surface area (Å²) >= 11 is 0.308. The fourth-order valence-electron chi connectivity index (χ4n) is 0.365. The Kier molecular flexibility index (Phi) is 4.32. The van der Waals surface area contributed by atoms with Crippen molar-refractivity contribution in [3.8, 4) is 0 Å². The maximum absolute atomic E-state index is 12.7. The highest BCUT2D eigenvalue weighted by Crippen LogP contribution is 2.34. The maximum Gasteiger partial charge on any atom is 0.434 e. The lowest BCUT2D eigenvalue weighted by molar-refractivity contribution is -0.0939. The zero-order valence-corrected chi connectivity index (χ0v) is 7.73. The lowest BCUT2D eigenvalue weighted by Crippen LogP contribution is -2.20. The third-order valence-corrected chi connectivity index (χ3v) is 2.12. The topological polar surface area (TPSA) is 26.0 Å². The molecule has 6 heteroatoms. The molecule has 0 aliphatic heterocycles. The van der Waals surface area contributed by atoms with Gasteiger partial charge < -0.3 is 5.73 Å². The molecule has 0 amide bonds. The summed E-state index contributed by atoms with van der Waals surface area (Å²) in [5, 5.41) is -1.45. The number of thioether (sulfide) groups is 1. The second kappa shape index (κ2) is 4.55. The van der Waals surface area contributed by atoms with E-state index in [0.717, 1.165) is 0 Å². The molecule has 0 aromatic carbocycles. The fourth-order valence-corrected chi connectivity index (χ4v) is 0.989. The molecule has 0 saturated carbocycles. The minimum Gasteiger partial charge on any atom is -0.392 e. The molecule has 13 heavy (non-hydrogen) atoms. The zero-order valence-electron chi connectivity index (χ0n) is 6.91. The van der Waals surface area contributed by atoms with E-state index in [-0.39, 0.29) is 0 Å². The Morgan fingerprint density at radius 2 is 1.92 bits per heavy atom. The average Bonchev–Trinajstić information content (AvgIpc) is 2.01. The molecule has 2 N–H and O–H groups in total. The van der Waals surface area contributed by atoms with Crippen molar-refractivity contribution in [3.63, 3.8) is 0 Å². The number of hydrogen-bond acceptors (Lipinski definition) is 2. The van der Waals surface area contributed by atoms with Crippen molar-refractivity contribution in [2.45, 2.75) is 19.5 Å². The largest absolute Gasteiger partial charge is 0.434 e. The molecule has 0 aromatic heterocycles. The molecule has 0 unspecified atom stereocenters. The zero-order chi connectivity index (χ0) is 10.6. The normalized spacial score (nSPS) is 13.9. The molecule has 0 spiro atoms. The van der Waals surface area contributed by atoms with E-state index in [0.29, 0.717) is 23.1 Å². The highest BCUT2D eigenvalue weighted by atomic mass is 32.2. The summed E-state index contributed by atoms with van der Waals surface area (Å²) in [6.45, 7) is 5.00. The summed E-state index contributed by atoms with van der Waals surface area (Å²) in [5.74, 6) is 0. The Hall–Kier alpha value is -0.650. The first-order valence-electron chi connectivity index (χ1n) is 3.37. The molecule has 0 heterocycles. The molecule has 0 fully saturated rings. The summed E-state index contributed by atoms with van der Waals surface area (Å²) < 4.78 is 48.0. The van der Waals surface area contributed by atoms with Crippen LogP contribution in [0.2, 0.25) is 0 Å². The van der Waals surface area contributed by atoms with E-state index in [2.05, 4.69) is 12.3 Å². The van der Waals surface area contributed by atoms with Crippen LogP contribution in [0.1, 0.15) is 13.3 Å². The van der Waals surface area contributed by atoms with Crippen LogP contribution < -0.4 is 5.73 Å². The van der Waals surface area contributed by atoms with E-state index in [1.54, 1.807) is 6.92 Å². The lowest BCUT2D eigenvalue weighted by atomic mass is 10.5. The van der Waals surface area contributed by atoms with Crippen molar-refractivity contribution in [1.29, 1.82) is 0 Å². The Morgan fingerprint density at radius 1 is 1.46 bits per heavy atom. The Labute approximate surface area is 77.7 Å². The summed E-state index contributed by atoms with van der Waals surface area (Å²) in [5.41, 5.74) is 2.81. The van der Waals surface area contributed by atoms with Crippen molar-refractivity contribution in [2.75, 3.05) is 0 Å². The number of rotatable bonds is 3. The SMILES string of the molecule is C=C(CC)S/C(F)=C(\N)C(F)(F)F. The van der Waals surface area contributed by atoms with Gasteiger partial charge in [-0.05, 0) is 11.3 Å². The lowest BCUT2D eigenvalue weighted by Gasteiger charge is -2.07. The van der Waals surface area contributed by atoms with Crippen LogP contribution in [0.15, 0.2) is 22.3 Å². The van der Waals surface area contributed by atoms with Crippen molar-refractivity contribution < 1.29 is 17.6 Å². The Balaban J connectivity index is 4.55. The van der Waals surface area contributed by atoms with Crippen LogP contribution in [-0.4, -0.2) is 6.18 Å². The molecule has 0 radical (unpaired) electrons. The molecular weight excluding hydrogens is 206 g/mol. The average molecular weight is 215 g/mol. The third kappa shape index (κ3) is 4.21. The molecule has 0 rings (SSSR count). The Morgan fingerprint density at radius 3 is 2.23 bits per heavy atom. The first-order chi connectivity index (χ1) is 5.79. The van der Waals surface area contributed by atoms with Gasteiger partial charge in [-0.2, -0.15) is 17.6 Å². The summed E-state index contributed by atoms with van der Waals surface area (Å²) in [4.78, 5) is 0.296. The second-order valence-electron chi connectivity index (χ2n) is 2.18. The molecule has 0 aliphatic rings. The minimum atomic E-state index is -4.81. The molecule has 0 aromatic rings. The van der Waals surface area contributed by atoms with E-state index in [1.165, 1.54) is 0 Å². The molecular formula is C7H9F4NS. The number of nitrogens with two attached hydrogens (primary N) is 1. The van der Waals surface area contributed by atoms with Gasteiger partial charge in [0.2, 0.25) is 0 Å². The predicted octanol–water partition coefficient (Wildman–Crippen LogP) is 3.30. The monoisotopic (exact) mass is 215 g/mol. The molecule has 0 bridgehead atoms. The molecule has 0 atom stereocenters. The van der Waals surface area contributed by atoms with Gasteiger partial charge in [-0.3, -0.25) is 0 Å². The Bertz CT molecular complexity index is 231. The van der Waals surface area contributed by atoms with Crippen LogP contribution in [0, 0.1) is 0 Å².